The SMILES string of the molecule is O=C(Cn1nc2n(c1=O)CCCCC2)NC(c1ccc2c(c1)CCCC2)c1cccs1. The summed E-state index contributed by atoms with van der Waals surface area (Å²) in [6.45, 7) is 0.647. The van der Waals surface area contributed by atoms with E-state index in [0.29, 0.717) is 6.54 Å². The van der Waals surface area contributed by atoms with Gasteiger partial charge in [0, 0.05) is 17.8 Å². The Morgan fingerprint density at radius 1 is 1.06 bits per heavy atom. The smallest absolute Gasteiger partial charge is 0.343 e. The highest BCUT2D eigenvalue weighted by Crippen LogP contribution is 2.30. The molecule has 31 heavy (non-hydrogen) atoms. The topological polar surface area (TPSA) is 68.9 Å². The Kier molecular flexibility index (Phi) is 5.76. The lowest BCUT2D eigenvalue weighted by atomic mass is 9.89. The van der Waals surface area contributed by atoms with Crippen LogP contribution in [0.25, 0.3) is 0 Å². The molecule has 2 aliphatic rings. The summed E-state index contributed by atoms with van der Waals surface area (Å²) < 4.78 is 3.06. The zero-order chi connectivity index (χ0) is 21.2. The quantitative estimate of drug-likeness (QED) is 0.664. The van der Waals surface area contributed by atoms with Crippen molar-refractivity contribution < 1.29 is 4.79 Å². The van der Waals surface area contributed by atoms with Gasteiger partial charge in [-0.05, 0) is 66.7 Å². The molecule has 1 aliphatic heterocycles. The number of benzene rings is 1. The van der Waals surface area contributed by atoms with E-state index < -0.39 is 0 Å². The molecule has 2 aromatic heterocycles. The lowest BCUT2D eigenvalue weighted by molar-refractivity contribution is -0.122. The molecule has 0 saturated carbocycles. The van der Waals surface area contributed by atoms with Gasteiger partial charge in [-0.25, -0.2) is 9.48 Å². The second-order valence-corrected chi connectivity index (χ2v) is 9.55. The number of amides is 1. The van der Waals surface area contributed by atoms with Crippen molar-refractivity contribution in [1.29, 1.82) is 0 Å². The van der Waals surface area contributed by atoms with E-state index in [4.69, 9.17) is 0 Å². The number of nitrogens with zero attached hydrogens (tertiary/aromatic N) is 3. The number of rotatable bonds is 5. The van der Waals surface area contributed by atoms with Crippen LogP contribution in [0.4, 0.5) is 0 Å². The molecule has 6 nitrogen and oxygen atoms in total. The number of carbonyl (C=O) groups excluding carboxylic acids is 1. The molecule has 1 atom stereocenters. The standard InChI is InChI=1S/C24H28N4O2S/c29-22(16-28-24(30)27-13-5-1-2-10-21(27)26-28)25-23(20-9-6-14-31-20)19-12-11-17-7-3-4-8-18(17)15-19/h6,9,11-12,14-15,23H,1-5,7-8,10,13,16H2,(H,25,29). The van der Waals surface area contributed by atoms with Crippen molar-refractivity contribution in [3.05, 3.63) is 73.6 Å². The van der Waals surface area contributed by atoms with Gasteiger partial charge in [0.25, 0.3) is 0 Å². The summed E-state index contributed by atoms with van der Waals surface area (Å²) in [5.41, 5.74) is 3.75. The number of aromatic nitrogens is 3. The minimum absolute atomic E-state index is 0.0500. The normalized spacial score (nSPS) is 16.8. The molecule has 0 fully saturated rings. The summed E-state index contributed by atoms with van der Waals surface area (Å²) in [6.07, 6.45) is 8.67. The van der Waals surface area contributed by atoms with E-state index in [-0.39, 0.29) is 24.2 Å². The Morgan fingerprint density at radius 3 is 2.74 bits per heavy atom. The minimum Gasteiger partial charge on any atom is -0.343 e. The third-order valence-corrected chi connectivity index (χ3v) is 7.35. The van der Waals surface area contributed by atoms with E-state index in [2.05, 4.69) is 34.7 Å². The van der Waals surface area contributed by atoms with Gasteiger partial charge < -0.3 is 5.32 Å². The highest BCUT2D eigenvalue weighted by atomic mass is 32.1. The molecule has 1 aliphatic carbocycles. The third kappa shape index (κ3) is 4.24. The predicted octanol–water partition coefficient (Wildman–Crippen LogP) is 3.62. The van der Waals surface area contributed by atoms with Gasteiger partial charge in [0.1, 0.15) is 12.4 Å². The van der Waals surface area contributed by atoms with Gasteiger partial charge in [0.05, 0.1) is 6.04 Å². The van der Waals surface area contributed by atoms with Crippen LogP contribution in [-0.2, 0) is 37.1 Å². The van der Waals surface area contributed by atoms with Crippen LogP contribution in [0.2, 0.25) is 0 Å². The van der Waals surface area contributed by atoms with Gasteiger partial charge in [0.15, 0.2) is 0 Å². The number of hydrogen-bond acceptors (Lipinski definition) is 4. The summed E-state index contributed by atoms with van der Waals surface area (Å²) in [5.74, 6) is 0.617. The summed E-state index contributed by atoms with van der Waals surface area (Å²) in [6, 6.07) is 10.5. The predicted molar refractivity (Wildman–Crippen MR) is 121 cm³/mol. The second-order valence-electron chi connectivity index (χ2n) is 8.57. The van der Waals surface area contributed by atoms with Gasteiger partial charge >= 0.3 is 5.69 Å². The number of aryl methyl sites for hydroxylation is 3. The van der Waals surface area contributed by atoms with Gasteiger partial charge in [-0.3, -0.25) is 9.36 Å². The average molecular weight is 437 g/mol. The van der Waals surface area contributed by atoms with Crippen molar-refractivity contribution in [3.8, 4) is 0 Å². The second kappa shape index (κ2) is 8.83. The van der Waals surface area contributed by atoms with E-state index in [0.717, 1.165) is 54.8 Å². The zero-order valence-electron chi connectivity index (χ0n) is 17.7. The molecule has 0 radical (unpaired) electrons. The molecule has 3 heterocycles. The molecule has 1 unspecified atom stereocenters. The first kappa shape index (κ1) is 20.2. The molecule has 1 amide bonds. The molecule has 1 N–H and O–H groups in total. The van der Waals surface area contributed by atoms with Crippen molar-refractivity contribution in [2.45, 2.75) is 70.5 Å². The van der Waals surface area contributed by atoms with E-state index in [1.807, 2.05) is 11.4 Å². The average Bonchev–Trinajstić information content (AvgIpc) is 3.34. The minimum atomic E-state index is -0.212. The fourth-order valence-corrected chi connectivity index (χ4v) is 5.58. The maximum Gasteiger partial charge on any atom is 0.346 e. The van der Waals surface area contributed by atoms with Crippen LogP contribution in [0, 0.1) is 0 Å². The Labute approximate surface area is 185 Å². The summed E-state index contributed by atoms with van der Waals surface area (Å²) in [5, 5.41) is 9.66. The van der Waals surface area contributed by atoms with Crippen LogP contribution in [0.3, 0.4) is 0 Å². The summed E-state index contributed by atoms with van der Waals surface area (Å²) in [4.78, 5) is 26.8. The van der Waals surface area contributed by atoms with Crippen LogP contribution >= 0.6 is 11.3 Å². The molecule has 1 aromatic carbocycles. The van der Waals surface area contributed by atoms with Crippen LogP contribution in [0.1, 0.15) is 65.5 Å². The van der Waals surface area contributed by atoms with Crippen molar-refractivity contribution >= 4 is 17.2 Å². The molecule has 0 spiro atoms. The van der Waals surface area contributed by atoms with Gasteiger partial charge in [-0.1, -0.05) is 30.7 Å². The molecular weight excluding hydrogens is 408 g/mol. The summed E-state index contributed by atoms with van der Waals surface area (Å²) in [7, 11) is 0. The number of fused-ring (bicyclic) bond motifs is 2. The van der Waals surface area contributed by atoms with E-state index in [9.17, 15) is 9.59 Å². The maximum absolute atomic E-state index is 13.0. The monoisotopic (exact) mass is 436 g/mol. The highest BCUT2D eigenvalue weighted by Gasteiger charge is 2.22. The first-order valence-electron chi connectivity index (χ1n) is 11.3. The molecule has 162 valence electrons. The van der Waals surface area contributed by atoms with E-state index >= 15 is 0 Å². The Balaban J connectivity index is 1.38. The van der Waals surface area contributed by atoms with Crippen LogP contribution in [0.5, 0.6) is 0 Å². The fourth-order valence-electron chi connectivity index (χ4n) is 4.78. The van der Waals surface area contributed by atoms with Crippen molar-refractivity contribution in [3.63, 3.8) is 0 Å². The molecular formula is C24H28N4O2S. The lowest BCUT2D eigenvalue weighted by Crippen LogP contribution is -2.36. The maximum atomic E-state index is 13.0. The Bertz CT molecular complexity index is 1130. The van der Waals surface area contributed by atoms with Gasteiger partial charge in [-0.15, -0.1) is 11.3 Å². The number of thiophene rings is 1. The highest BCUT2D eigenvalue weighted by molar-refractivity contribution is 7.10. The van der Waals surface area contributed by atoms with Crippen LogP contribution < -0.4 is 11.0 Å². The van der Waals surface area contributed by atoms with Crippen molar-refractivity contribution in [2.24, 2.45) is 0 Å². The van der Waals surface area contributed by atoms with Gasteiger partial charge in [-0.2, -0.15) is 5.10 Å². The first-order valence-corrected chi connectivity index (χ1v) is 12.2. The number of nitrogens with one attached hydrogen (secondary N) is 1. The largest absolute Gasteiger partial charge is 0.346 e. The summed E-state index contributed by atoms with van der Waals surface area (Å²) >= 11 is 1.64. The molecule has 3 aromatic rings. The lowest BCUT2D eigenvalue weighted by Gasteiger charge is -2.22. The number of carbonyl (C=O) groups is 1. The molecule has 0 saturated heterocycles. The van der Waals surface area contributed by atoms with Crippen LogP contribution in [0.15, 0.2) is 40.5 Å². The van der Waals surface area contributed by atoms with Crippen LogP contribution in [-0.4, -0.2) is 20.3 Å². The van der Waals surface area contributed by atoms with E-state index in [1.54, 1.807) is 15.9 Å². The van der Waals surface area contributed by atoms with Gasteiger partial charge in [0.2, 0.25) is 5.91 Å². The Hall–Kier alpha value is -2.67. The first-order chi connectivity index (χ1) is 15.2. The number of hydrogen-bond donors (Lipinski definition) is 1. The van der Waals surface area contributed by atoms with Crippen molar-refractivity contribution in [2.75, 3.05) is 0 Å². The molecule has 5 rings (SSSR count). The van der Waals surface area contributed by atoms with Crippen molar-refractivity contribution in [1.82, 2.24) is 19.7 Å². The molecule has 7 heteroatoms. The third-order valence-electron chi connectivity index (χ3n) is 6.41. The van der Waals surface area contributed by atoms with E-state index in [1.165, 1.54) is 28.7 Å². The zero-order valence-corrected chi connectivity index (χ0v) is 18.5. The fraction of sp³-hybridized carbons (Fsp3) is 0.458. The molecule has 0 bridgehead atoms. The Morgan fingerprint density at radius 2 is 1.90 bits per heavy atom.